The van der Waals surface area contributed by atoms with Crippen LogP contribution >= 0.6 is 11.8 Å². The molecule has 5 nitrogen and oxygen atoms in total. The van der Waals surface area contributed by atoms with Gasteiger partial charge in [0.05, 0.1) is 4.91 Å². The van der Waals surface area contributed by atoms with Gasteiger partial charge in [-0.15, -0.1) is 11.8 Å². The molecule has 2 aromatic rings. The van der Waals surface area contributed by atoms with E-state index in [0.29, 0.717) is 17.9 Å². The normalized spacial score (nSPS) is 11.2. The van der Waals surface area contributed by atoms with Crippen molar-refractivity contribution in [1.29, 1.82) is 0 Å². The number of rotatable bonds is 7. The van der Waals surface area contributed by atoms with Crippen LogP contribution in [0.15, 0.2) is 48.5 Å². The summed E-state index contributed by atoms with van der Waals surface area (Å²) < 4.78 is 12.7. The van der Waals surface area contributed by atoms with Gasteiger partial charge in [0, 0.05) is 34.7 Å². The fourth-order valence-corrected chi connectivity index (χ4v) is 3.00. The first-order chi connectivity index (χ1) is 11.8. The number of hydrogen-bond acceptors (Lipinski definition) is 3. The van der Waals surface area contributed by atoms with Gasteiger partial charge < -0.3 is 5.32 Å². The lowest BCUT2D eigenvalue weighted by Gasteiger charge is -2.24. The van der Waals surface area contributed by atoms with Crippen LogP contribution in [0.25, 0.3) is 0 Å². The van der Waals surface area contributed by atoms with Gasteiger partial charge in [-0.2, -0.15) is 0 Å². The SMILES string of the molecule is CC(C)(CNC(=O)c1cccc([N+](=O)O)c1)SCc1ccc(F)cc1. The van der Waals surface area contributed by atoms with Crippen LogP contribution in [0.3, 0.4) is 0 Å². The molecule has 2 rings (SSSR count). The van der Waals surface area contributed by atoms with Gasteiger partial charge in [0.2, 0.25) is 0 Å². The average Bonchev–Trinajstić information content (AvgIpc) is 2.59. The van der Waals surface area contributed by atoms with Crippen LogP contribution in [-0.4, -0.2) is 27.3 Å². The Kier molecular flexibility index (Phi) is 6.14. The molecule has 0 radical (unpaired) electrons. The zero-order valence-corrected chi connectivity index (χ0v) is 14.8. The molecule has 25 heavy (non-hydrogen) atoms. The van der Waals surface area contributed by atoms with E-state index in [1.165, 1.54) is 30.3 Å². The van der Waals surface area contributed by atoms with Gasteiger partial charge in [0.15, 0.2) is 0 Å². The van der Waals surface area contributed by atoms with Gasteiger partial charge in [-0.1, -0.05) is 18.2 Å². The molecule has 0 bridgehead atoms. The van der Waals surface area contributed by atoms with Crippen LogP contribution in [0.5, 0.6) is 0 Å². The van der Waals surface area contributed by atoms with Crippen molar-refractivity contribution in [2.45, 2.75) is 24.3 Å². The Hall–Kier alpha value is -2.41. The molecule has 0 aliphatic rings. The van der Waals surface area contributed by atoms with E-state index in [9.17, 15) is 14.1 Å². The summed E-state index contributed by atoms with van der Waals surface area (Å²) in [7, 11) is 0. The van der Waals surface area contributed by atoms with Crippen molar-refractivity contribution in [3.63, 3.8) is 0 Å². The number of amides is 1. The molecule has 0 aliphatic carbocycles. The summed E-state index contributed by atoms with van der Waals surface area (Å²) >= 11 is 1.65. The second-order valence-corrected chi connectivity index (χ2v) is 7.86. The van der Waals surface area contributed by atoms with E-state index in [2.05, 4.69) is 5.32 Å². The third kappa shape index (κ3) is 5.86. The number of thioether (sulfide) groups is 1. The minimum absolute atomic E-state index is 0.00223. The fraction of sp³-hybridized carbons (Fsp3) is 0.278. The van der Waals surface area contributed by atoms with E-state index in [-0.39, 0.29) is 27.1 Å². The number of carbonyl (C=O) groups is 1. The molecule has 0 atom stereocenters. The summed E-state index contributed by atoms with van der Waals surface area (Å²) in [6.07, 6.45) is 0. The summed E-state index contributed by atoms with van der Waals surface area (Å²) in [5.74, 6) is 0.120. The number of halogens is 1. The van der Waals surface area contributed by atoms with Crippen LogP contribution in [0.4, 0.5) is 10.1 Å². The predicted octanol–water partition coefficient (Wildman–Crippen LogP) is 4.07. The Morgan fingerprint density at radius 1 is 1.24 bits per heavy atom. The third-order valence-electron chi connectivity index (χ3n) is 3.55. The topological polar surface area (TPSA) is 69.4 Å². The summed E-state index contributed by atoms with van der Waals surface area (Å²) in [6, 6.07) is 12.2. The number of carbonyl (C=O) groups excluding carboxylic acids is 1. The van der Waals surface area contributed by atoms with Crippen molar-refractivity contribution >= 4 is 23.4 Å². The van der Waals surface area contributed by atoms with Gasteiger partial charge >= 0.3 is 5.69 Å². The summed E-state index contributed by atoms with van der Waals surface area (Å²) in [5.41, 5.74) is 1.31. The Morgan fingerprint density at radius 2 is 1.92 bits per heavy atom. The molecule has 0 fully saturated rings. The quantitative estimate of drug-likeness (QED) is 0.728. The summed E-state index contributed by atoms with van der Waals surface area (Å²) in [4.78, 5) is 22.8. The molecule has 7 heteroatoms. The monoisotopic (exact) mass is 363 g/mol. The largest absolute Gasteiger partial charge is 0.351 e. The molecule has 2 N–H and O–H groups in total. The highest BCUT2D eigenvalue weighted by Crippen LogP contribution is 2.27. The lowest BCUT2D eigenvalue weighted by Crippen LogP contribution is -2.36. The van der Waals surface area contributed by atoms with Gasteiger partial charge in [0.25, 0.3) is 10.8 Å². The molecule has 0 aliphatic heterocycles. The highest BCUT2D eigenvalue weighted by atomic mass is 32.2. The second kappa shape index (κ2) is 8.11. The van der Waals surface area contributed by atoms with Crippen molar-refractivity contribution in [2.75, 3.05) is 6.54 Å². The molecule has 0 saturated heterocycles. The van der Waals surface area contributed by atoms with Crippen LogP contribution in [-0.2, 0) is 5.75 Å². The van der Waals surface area contributed by atoms with Gasteiger partial charge in [-0.25, -0.2) is 9.60 Å². The highest BCUT2D eigenvalue weighted by molar-refractivity contribution is 7.99. The van der Waals surface area contributed by atoms with Crippen molar-refractivity contribution in [1.82, 2.24) is 5.32 Å². The van der Waals surface area contributed by atoms with Crippen LogP contribution in [0.2, 0.25) is 0 Å². The molecule has 0 heterocycles. The first kappa shape index (κ1) is 18.9. The van der Waals surface area contributed by atoms with Gasteiger partial charge in [0.1, 0.15) is 5.82 Å². The lowest BCUT2D eigenvalue weighted by atomic mass is 10.1. The Balaban J connectivity index is 1.90. The number of hydrogen-bond donors (Lipinski definition) is 2. The van der Waals surface area contributed by atoms with E-state index in [1.807, 2.05) is 13.8 Å². The smallest absolute Gasteiger partial charge is 0.317 e. The third-order valence-corrected chi connectivity index (χ3v) is 4.95. The van der Waals surface area contributed by atoms with Crippen molar-refractivity contribution < 1.29 is 19.3 Å². The zero-order valence-electron chi connectivity index (χ0n) is 14.0. The molecule has 1 amide bonds. The van der Waals surface area contributed by atoms with Crippen LogP contribution < -0.4 is 5.32 Å². The Morgan fingerprint density at radius 3 is 2.56 bits per heavy atom. The standard InChI is InChI=1S/C18H19FN2O3S/c1-18(2,25-11-13-6-8-15(19)9-7-13)12-20-17(22)14-4-3-5-16(10-14)21(23)24/h3-10H,11-12H2,1-2H3,(H-,20,22,23,24)/p+1. The maximum atomic E-state index is 12.9. The molecule has 0 aromatic heterocycles. The minimum Gasteiger partial charge on any atom is -0.351 e. The van der Waals surface area contributed by atoms with Gasteiger partial charge in [-0.3, -0.25) is 4.79 Å². The first-order valence-electron chi connectivity index (χ1n) is 7.70. The highest BCUT2D eigenvalue weighted by Gasteiger charge is 2.21. The Bertz CT molecular complexity index is 763. The number of nitrogens with one attached hydrogen (secondary N) is 1. The molecular weight excluding hydrogens is 343 g/mol. The van der Waals surface area contributed by atoms with E-state index in [4.69, 9.17) is 5.21 Å². The average molecular weight is 363 g/mol. The van der Waals surface area contributed by atoms with E-state index in [0.717, 1.165) is 5.56 Å². The second-order valence-electron chi connectivity index (χ2n) is 6.18. The predicted molar refractivity (Wildman–Crippen MR) is 95.6 cm³/mol. The van der Waals surface area contributed by atoms with Crippen molar-refractivity contribution in [3.05, 3.63) is 70.4 Å². The van der Waals surface area contributed by atoms with E-state index >= 15 is 0 Å². The number of nitrogens with zero attached hydrogens (tertiary/aromatic N) is 1. The summed E-state index contributed by atoms with van der Waals surface area (Å²) in [5, 5.41) is 11.7. The molecule has 2 aromatic carbocycles. The maximum Gasteiger partial charge on any atom is 0.317 e. The van der Waals surface area contributed by atoms with Crippen LogP contribution in [0, 0.1) is 10.7 Å². The summed E-state index contributed by atoms with van der Waals surface area (Å²) in [6.45, 7) is 4.43. The molecule has 132 valence electrons. The molecule has 0 unspecified atom stereocenters. The van der Waals surface area contributed by atoms with Gasteiger partial charge in [-0.05, 0) is 37.6 Å². The van der Waals surface area contributed by atoms with Crippen molar-refractivity contribution in [2.24, 2.45) is 0 Å². The van der Waals surface area contributed by atoms with E-state index < -0.39 is 0 Å². The Labute approximate surface area is 149 Å². The lowest BCUT2D eigenvalue weighted by molar-refractivity contribution is -0.729. The molecule has 0 saturated carbocycles. The van der Waals surface area contributed by atoms with Crippen LogP contribution in [0.1, 0.15) is 29.8 Å². The van der Waals surface area contributed by atoms with E-state index in [1.54, 1.807) is 30.0 Å². The number of benzene rings is 2. The first-order valence-corrected chi connectivity index (χ1v) is 8.68. The molecule has 0 spiro atoms. The maximum absolute atomic E-state index is 12.9. The zero-order chi connectivity index (χ0) is 18.4. The fourth-order valence-electron chi connectivity index (χ4n) is 2.07. The molecular formula is C18H20FN2O3S+. The minimum atomic E-state index is -0.320. The van der Waals surface area contributed by atoms with Crippen molar-refractivity contribution in [3.8, 4) is 0 Å².